The number of nitrogens with zero attached hydrogens (tertiary/aromatic N) is 2. The molecule has 0 aliphatic heterocycles. The standard InChI is InChI=1S/C28H36N4O6/c1-3-31(13-15-33)11-9-25(35)29-19-5-7-21-23(17-19)27(37)22-8-6-20(18-24(22)28(21)38)30-26(36)10-12-32(4-2)14-16-34/h5-8,17-18,33-34H,3-4,9-16H2,1-2H3,(H,29,35)(H,30,36). The number of fused-ring (bicyclic) bond motifs is 2. The first-order valence-corrected chi connectivity index (χ1v) is 12.9. The van der Waals surface area contributed by atoms with Crippen LogP contribution in [-0.2, 0) is 9.59 Å². The lowest BCUT2D eigenvalue weighted by molar-refractivity contribution is -0.117. The highest BCUT2D eigenvalue weighted by molar-refractivity contribution is 6.29. The maximum Gasteiger partial charge on any atom is 0.225 e. The van der Waals surface area contributed by atoms with E-state index in [2.05, 4.69) is 10.6 Å². The van der Waals surface area contributed by atoms with Gasteiger partial charge in [0.25, 0.3) is 0 Å². The number of anilines is 2. The third-order valence-corrected chi connectivity index (χ3v) is 6.62. The Morgan fingerprint density at radius 2 is 1.05 bits per heavy atom. The molecule has 0 aromatic heterocycles. The number of ketones is 2. The second-order valence-corrected chi connectivity index (χ2v) is 9.09. The molecule has 0 atom stereocenters. The fourth-order valence-electron chi connectivity index (χ4n) is 4.41. The van der Waals surface area contributed by atoms with Gasteiger partial charge in [-0.3, -0.25) is 19.2 Å². The summed E-state index contributed by atoms with van der Waals surface area (Å²) in [6.07, 6.45) is 0.458. The van der Waals surface area contributed by atoms with Crippen LogP contribution in [0.5, 0.6) is 0 Å². The zero-order valence-corrected chi connectivity index (χ0v) is 22.0. The van der Waals surface area contributed by atoms with Crippen LogP contribution >= 0.6 is 0 Å². The molecule has 10 heteroatoms. The van der Waals surface area contributed by atoms with Gasteiger partial charge in [-0.1, -0.05) is 13.8 Å². The summed E-state index contributed by atoms with van der Waals surface area (Å²) in [6.45, 7) is 7.37. The molecule has 38 heavy (non-hydrogen) atoms. The Kier molecular flexibility index (Phi) is 10.7. The maximum absolute atomic E-state index is 13.2. The molecule has 10 nitrogen and oxygen atoms in total. The highest BCUT2D eigenvalue weighted by atomic mass is 16.3. The summed E-state index contributed by atoms with van der Waals surface area (Å²) < 4.78 is 0. The molecule has 0 saturated carbocycles. The van der Waals surface area contributed by atoms with E-state index in [1.54, 1.807) is 12.1 Å². The largest absolute Gasteiger partial charge is 0.395 e. The quantitative estimate of drug-likeness (QED) is 0.250. The highest BCUT2D eigenvalue weighted by Crippen LogP contribution is 2.31. The van der Waals surface area contributed by atoms with Crippen molar-refractivity contribution in [2.45, 2.75) is 26.7 Å². The predicted molar refractivity (Wildman–Crippen MR) is 145 cm³/mol. The van der Waals surface area contributed by atoms with Gasteiger partial charge in [0.1, 0.15) is 0 Å². The molecule has 4 N–H and O–H groups in total. The minimum atomic E-state index is -0.328. The summed E-state index contributed by atoms with van der Waals surface area (Å²) in [4.78, 5) is 55.2. The molecule has 0 unspecified atom stereocenters. The second-order valence-electron chi connectivity index (χ2n) is 9.09. The Morgan fingerprint density at radius 1 is 0.658 bits per heavy atom. The first-order valence-electron chi connectivity index (χ1n) is 12.9. The number of carbonyl (C=O) groups excluding carboxylic acids is 4. The van der Waals surface area contributed by atoms with Crippen molar-refractivity contribution in [3.63, 3.8) is 0 Å². The number of hydrogen-bond acceptors (Lipinski definition) is 8. The van der Waals surface area contributed by atoms with Crippen molar-refractivity contribution in [1.82, 2.24) is 9.80 Å². The number of carbonyl (C=O) groups is 4. The minimum Gasteiger partial charge on any atom is -0.395 e. The van der Waals surface area contributed by atoms with Gasteiger partial charge in [-0.25, -0.2) is 0 Å². The number of rotatable bonds is 14. The van der Waals surface area contributed by atoms with E-state index in [1.807, 2.05) is 23.6 Å². The summed E-state index contributed by atoms with van der Waals surface area (Å²) in [6, 6.07) is 9.28. The van der Waals surface area contributed by atoms with Crippen molar-refractivity contribution in [3.05, 3.63) is 58.7 Å². The Hall–Kier alpha value is -3.44. The van der Waals surface area contributed by atoms with Crippen LogP contribution in [0.3, 0.4) is 0 Å². The zero-order chi connectivity index (χ0) is 27.7. The second kappa shape index (κ2) is 13.9. The Balaban J connectivity index is 1.68. The van der Waals surface area contributed by atoms with E-state index in [0.717, 1.165) is 13.1 Å². The Labute approximate surface area is 222 Å². The van der Waals surface area contributed by atoms with Crippen LogP contribution in [0.25, 0.3) is 0 Å². The number of aliphatic hydroxyl groups excluding tert-OH is 2. The van der Waals surface area contributed by atoms with Gasteiger partial charge in [0.15, 0.2) is 11.6 Å². The monoisotopic (exact) mass is 524 g/mol. The molecule has 0 spiro atoms. The molecular weight excluding hydrogens is 488 g/mol. The zero-order valence-electron chi connectivity index (χ0n) is 22.0. The minimum absolute atomic E-state index is 0.0227. The molecule has 2 aromatic rings. The van der Waals surface area contributed by atoms with Crippen LogP contribution in [0.15, 0.2) is 36.4 Å². The molecule has 0 saturated heterocycles. The van der Waals surface area contributed by atoms with E-state index >= 15 is 0 Å². The van der Waals surface area contributed by atoms with Gasteiger partial charge in [-0.15, -0.1) is 0 Å². The van der Waals surface area contributed by atoms with Gasteiger partial charge in [-0.05, 0) is 49.5 Å². The number of benzene rings is 2. The van der Waals surface area contributed by atoms with Crippen molar-refractivity contribution >= 4 is 34.8 Å². The van der Waals surface area contributed by atoms with E-state index in [9.17, 15) is 19.2 Å². The third-order valence-electron chi connectivity index (χ3n) is 6.62. The van der Waals surface area contributed by atoms with Crippen LogP contribution in [0.1, 0.15) is 58.5 Å². The van der Waals surface area contributed by atoms with Crippen LogP contribution in [0.4, 0.5) is 11.4 Å². The van der Waals surface area contributed by atoms with Crippen molar-refractivity contribution in [1.29, 1.82) is 0 Å². The van der Waals surface area contributed by atoms with Gasteiger partial charge in [-0.2, -0.15) is 0 Å². The SMILES string of the molecule is CCN(CCO)CCC(=O)Nc1ccc2c(c1)C(=O)c1ccc(NC(=O)CCN(CC)CCO)cc1C2=O. The van der Waals surface area contributed by atoms with Crippen LogP contribution in [0, 0.1) is 0 Å². The summed E-state index contributed by atoms with van der Waals surface area (Å²) >= 11 is 0. The molecule has 0 heterocycles. The number of nitrogens with one attached hydrogen (secondary N) is 2. The number of hydrogen-bond donors (Lipinski definition) is 4. The summed E-state index contributed by atoms with van der Waals surface area (Å²) in [5, 5.41) is 23.7. The van der Waals surface area contributed by atoms with Crippen LogP contribution in [-0.4, -0.2) is 95.9 Å². The van der Waals surface area contributed by atoms with E-state index in [-0.39, 0.29) is 71.7 Å². The molecule has 1 aliphatic carbocycles. The van der Waals surface area contributed by atoms with Gasteiger partial charge in [0, 0.05) is 72.6 Å². The molecule has 2 amide bonds. The molecule has 2 aromatic carbocycles. The molecule has 0 fully saturated rings. The van der Waals surface area contributed by atoms with E-state index in [0.29, 0.717) is 37.6 Å². The van der Waals surface area contributed by atoms with Gasteiger partial charge in [0.05, 0.1) is 13.2 Å². The number of aliphatic hydroxyl groups is 2. The van der Waals surface area contributed by atoms with E-state index in [4.69, 9.17) is 10.2 Å². The molecular formula is C28H36N4O6. The van der Waals surface area contributed by atoms with Crippen LogP contribution < -0.4 is 10.6 Å². The normalized spacial score (nSPS) is 12.5. The van der Waals surface area contributed by atoms with Gasteiger partial charge in [0.2, 0.25) is 11.8 Å². The summed E-state index contributed by atoms with van der Waals surface area (Å²) in [5.74, 6) is -1.11. The fourth-order valence-corrected chi connectivity index (χ4v) is 4.41. The lowest BCUT2D eigenvalue weighted by Gasteiger charge is -2.20. The smallest absolute Gasteiger partial charge is 0.225 e. The average molecular weight is 525 g/mol. The van der Waals surface area contributed by atoms with Crippen molar-refractivity contribution in [2.24, 2.45) is 0 Å². The lowest BCUT2D eigenvalue weighted by atomic mass is 9.83. The predicted octanol–water partition coefficient (Wildman–Crippen LogP) is 1.75. The fraction of sp³-hybridized carbons (Fsp3) is 0.429. The molecule has 0 bridgehead atoms. The number of likely N-dealkylation sites (N-methyl/N-ethyl adjacent to an activating group) is 2. The van der Waals surface area contributed by atoms with Crippen molar-refractivity contribution < 1.29 is 29.4 Å². The summed E-state index contributed by atoms with van der Waals surface area (Å²) in [7, 11) is 0. The molecule has 1 aliphatic rings. The molecule has 204 valence electrons. The number of amides is 2. The summed E-state index contributed by atoms with van der Waals surface area (Å²) in [5.41, 5.74) is 1.77. The Bertz CT molecular complexity index is 1090. The maximum atomic E-state index is 13.2. The van der Waals surface area contributed by atoms with Crippen LogP contribution in [0.2, 0.25) is 0 Å². The Morgan fingerprint density at radius 3 is 1.39 bits per heavy atom. The van der Waals surface area contributed by atoms with Gasteiger partial charge < -0.3 is 30.6 Å². The third kappa shape index (κ3) is 7.32. The van der Waals surface area contributed by atoms with Crippen molar-refractivity contribution in [2.75, 3.05) is 63.1 Å². The first-order chi connectivity index (χ1) is 18.3. The topological polar surface area (TPSA) is 139 Å². The van der Waals surface area contributed by atoms with E-state index < -0.39 is 0 Å². The van der Waals surface area contributed by atoms with E-state index in [1.165, 1.54) is 24.3 Å². The average Bonchev–Trinajstić information content (AvgIpc) is 2.91. The van der Waals surface area contributed by atoms with Gasteiger partial charge >= 0.3 is 0 Å². The molecule has 0 radical (unpaired) electrons. The first kappa shape index (κ1) is 29.1. The van der Waals surface area contributed by atoms with Crippen molar-refractivity contribution in [3.8, 4) is 0 Å². The molecule has 3 rings (SSSR count). The highest BCUT2D eigenvalue weighted by Gasteiger charge is 2.30. The lowest BCUT2D eigenvalue weighted by Crippen LogP contribution is -2.30.